The number of benzene rings is 2. The second-order valence-corrected chi connectivity index (χ2v) is 5.64. The van der Waals surface area contributed by atoms with E-state index >= 15 is 0 Å². The third kappa shape index (κ3) is 5.01. The number of carbonyl (C=O) groups is 1. The number of para-hydroxylation sites is 1. The summed E-state index contributed by atoms with van der Waals surface area (Å²) in [5.41, 5.74) is 1.90. The molecule has 2 N–H and O–H groups in total. The van der Waals surface area contributed by atoms with E-state index in [2.05, 4.69) is 20.6 Å². The van der Waals surface area contributed by atoms with Gasteiger partial charge >= 0.3 is 5.97 Å². The summed E-state index contributed by atoms with van der Waals surface area (Å²) < 4.78 is 18.0. The second-order valence-electron chi connectivity index (χ2n) is 5.64. The summed E-state index contributed by atoms with van der Waals surface area (Å²) >= 11 is 0. The Morgan fingerprint density at radius 1 is 1.11 bits per heavy atom. The van der Waals surface area contributed by atoms with Crippen LogP contribution in [0, 0.1) is 5.82 Å². The van der Waals surface area contributed by atoms with Crippen LogP contribution in [0.15, 0.2) is 60.8 Å². The average Bonchev–Trinajstić information content (AvgIpc) is 2.68. The summed E-state index contributed by atoms with van der Waals surface area (Å²) in [7, 11) is 0. The van der Waals surface area contributed by atoms with Crippen LogP contribution in [0.25, 0.3) is 0 Å². The zero-order valence-corrected chi connectivity index (χ0v) is 14.8. The number of halogens is 1. The van der Waals surface area contributed by atoms with Gasteiger partial charge in [0.1, 0.15) is 11.6 Å². The lowest BCUT2D eigenvalue weighted by molar-refractivity contribution is 0.0527. The standard InChI is InChI=1S/C20H19FN4O2/c1-2-27-19(26)16-5-3-4-6-17(16)24-20-22-12-11-18(25-20)23-13-14-7-9-15(21)10-8-14/h3-12H,2,13H2,1H3,(H2,22,23,24,25). The highest BCUT2D eigenvalue weighted by Gasteiger charge is 2.12. The molecule has 0 aliphatic carbocycles. The van der Waals surface area contributed by atoms with E-state index in [4.69, 9.17) is 4.74 Å². The molecule has 0 aliphatic rings. The first kappa shape index (κ1) is 18.3. The summed E-state index contributed by atoms with van der Waals surface area (Å²) in [6.45, 7) is 2.55. The molecule has 27 heavy (non-hydrogen) atoms. The Labute approximate surface area is 156 Å². The lowest BCUT2D eigenvalue weighted by atomic mass is 10.2. The number of anilines is 3. The predicted octanol–water partition coefficient (Wildman–Crippen LogP) is 4.15. The number of hydrogen-bond donors (Lipinski definition) is 2. The van der Waals surface area contributed by atoms with Crippen molar-refractivity contribution in [2.75, 3.05) is 17.2 Å². The van der Waals surface area contributed by atoms with Gasteiger partial charge in [0.15, 0.2) is 0 Å². The van der Waals surface area contributed by atoms with E-state index in [-0.39, 0.29) is 5.82 Å². The third-order valence-corrected chi connectivity index (χ3v) is 3.71. The summed E-state index contributed by atoms with van der Waals surface area (Å²) in [4.78, 5) is 20.6. The number of esters is 1. The molecule has 0 unspecified atom stereocenters. The van der Waals surface area contributed by atoms with Crippen molar-refractivity contribution in [2.24, 2.45) is 0 Å². The molecular formula is C20H19FN4O2. The zero-order chi connectivity index (χ0) is 19.1. The van der Waals surface area contributed by atoms with Gasteiger partial charge in [-0.05, 0) is 42.8 Å². The fraction of sp³-hybridized carbons (Fsp3) is 0.150. The van der Waals surface area contributed by atoms with Crippen molar-refractivity contribution in [3.05, 3.63) is 77.7 Å². The topological polar surface area (TPSA) is 76.1 Å². The average molecular weight is 366 g/mol. The first-order valence-electron chi connectivity index (χ1n) is 8.50. The van der Waals surface area contributed by atoms with Crippen molar-refractivity contribution in [3.8, 4) is 0 Å². The van der Waals surface area contributed by atoms with Crippen molar-refractivity contribution < 1.29 is 13.9 Å². The number of carbonyl (C=O) groups excluding carboxylic acids is 1. The molecule has 7 heteroatoms. The van der Waals surface area contributed by atoms with E-state index in [9.17, 15) is 9.18 Å². The van der Waals surface area contributed by atoms with E-state index < -0.39 is 5.97 Å². The van der Waals surface area contributed by atoms with Crippen LogP contribution < -0.4 is 10.6 Å². The molecule has 1 aromatic heterocycles. The number of nitrogens with zero attached hydrogens (tertiary/aromatic N) is 2. The lowest BCUT2D eigenvalue weighted by Gasteiger charge is -2.11. The highest BCUT2D eigenvalue weighted by molar-refractivity contribution is 5.96. The fourth-order valence-electron chi connectivity index (χ4n) is 2.41. The van der Waals surface area contributed by atoms with Crippen molar-refractivity contribution in [1.29, 1.82) is 0 Å². The highest BCUT2D eigenvalue weighted by Crippen LogP contribution is 2.20. The predicted molar refractivity (Wildman–Crippen MR) is 101 cm³/mol. The van der Waals surface area contributed by atoms with Gasteiger partial charge in [-0.1, -0.05) is 24.3 Å². The van der Waals surface area contributed by atoms with Crippen molar-refractivity contribution >= 4 is 23.4 Å². The number of hydrogen-bond acceptors (Lipinski definition) is 6. The largest absolute Gasteiger partial charge is 0.462 e. The van der Waals surface area contributed by atoms with E-state index in [0.29, 0.717) is 36.2 Å². The number of nitrogens with one attached hydrogen (secondary N) is 2. The van der Waals surface area contributed by atoms with Gasteiger partial charge in [-0.3, -0.25) is 0 Å². The van der Waals surface area contributed by atoms with Crippen LogP contribution in [0.2, 0.25) is 0 Å². The third-order valence-electron chi connectivity index (χ3n) is 3.71. The molecule has 0 spiro atoms. The maximum Gasteiger partial charge on any atom is 0.340 e. The first-order chi connectivity index (χ1) is 13.2. The van der Waals surface area contributed by atoms with Crippen LogP contribution in [-0.4, -0.2) is 22.5 Å². The minimum Gasteiger partial charge on any atom is -0.462 e. The SMILES string of the molecule is CCOC(=O)c1ccccc1Nc1nccc(NCc2ccc(F)cc2)n1. The van der Waals surface area contributed by atoms with Gasteiger partial charge in [-0.25, -0.2) is 14.2 Å². The molecule has 6 nitrogen and oxygen atoms in total. The van der Waals surface area contributed by atoms with E-state index in [1.165, 1.54) is 12.1 Å². The zero-order valence-electron chi connectivity index (χ0n) is 14.8. The lowest BCUT2D eigenvalue weighted by Crippen LogP contribution is -2.09. The number of ether oxygens (including phenoxy) is 1. The molecule has 0 fully saturated rings. The Kier molecular flexibility index (Phi) is 5.94. The maximum absolute atomic E-state index is 13.0. The van der Waals surface area contributed by atoms with Gasteiger partial charge in [0.05, 0.1) is 17.9 Å². The minimum atomic E-state index is -0.411. The quantitative estimate of drug-likeness (QED) is 0.612. The van der Waals surface area contributed by atoms with E-state index in [1.54, 1.807) is 49.5 Å². The molecule has 0 amide bonds. The molecule has 0 bridgehead atoms. The Hall–Kier alpha value is -3.48. The Balaban J connectivity index is 1.71. The summed E-state index contributed by atoms with van der Waals surface area (Å²) in [5.74, 6) is 0.264. The Bertz CT molecular complexity index is 916. The van der Waals surface area contributed by atoms with Crippen molar-refractivity contribution in [3.63, 3.8) is 0 Å². The molecule has 138 valence electrons. The van der Waals surface area contributed by atoms with E-state index in [1.807, 2.05) is 6.07 Å². The van der Waals surface area contributed by atoms with Crippen molar-refractivity contribution in [1.82, 2.24) is 9.97 Å². The van der Waals surface area contributed by atoms with Gasteiger partial charge in [0.25, 0.3) is 0 Å². The van der Waals surface area contributed by atoms with Crippen LogP contribution in [0.4, 0.5) is 21.8 Å². The van der Waals surface area contributed by atoms with Gasteiger partial charge in [0.2, 0.25) is 5.95 Å². The van der Waals surface area contributed by atoms with Crippen LogP contribution in [0.3, 0.4) is 0 Å². The number of rotatable bonds is 7. The maximum atomic E-state index is 13.0. The van der Waals surface area contributed by atoms with Crippen molar-refractivity contribution in [2.45, 2.75) is 13.5 Å². The van der Waals surface area contributed by atoms with Gasteiger partial charge < -0.3 is 15.4 Å². The van der Waals surface area contributed by atoms with Gasteiger partial charge in [0, 0.05) is 12.7 Å². The molecular weight excluding hydrogens is 347 g/mol. The Morgan fingerprint density at radius 3 is 2.67 bits per heavy atom. The molecule has 0 atom stereocenters. The fourth-order valence-corrected chi connectivity index (χ4v) is 2.41. The summed E-state index contributed by atoms with van der Waals surface area (Å²) in [6, 6.07) is 15.0. The first-order valence-corrected chi connectivity index (χ1v) is 8.50. The molecule has 0 aliphatic heterocycles. The summed E-state index contributed by atoms with van der Waals surface area (Å²) in [5, 5.41) is 6.20. The molecule has 2 aromatic carbocycles. The van der Waals surface area contributed by atoms with Gasteiger partial charge in [-0.2, -0.15) is 4.98 Å². The van der Waals surface area contributed by atoms with Gasteiger partial charge in [-0.15, -0.1) is 0 Å². The smallest absolute Gasteiger partial charge is 0.340 e. The monoisotopic (exact) mass is 366 g/mol. The normalized spacial score (nSPS) is 10.3. The molecule has 0 saturated carbocycles. The molecule has 0 saturated heterocycles. The molecule has 1 heterocycles. The van der Waals surface area contributed by atoms with Crippen LogP contribution >= 0.6 is 0 Å². The van der Waals surface area contributed by atoms with E-state index in [0.717, 1.165) is 5.56 Å². The van der Waals surface area contributed by atoms with Crippen LogP contribution in [0.1, 0.15) is 22.8 Å². The molecule has 0 radical (unpaired) electrons. The molecule has 3 rings (SSSR count). The molecule has 3 aromatic rings. The second kappa shape index (κ2) is 8.75. The summed E-state index contributed by atoms with van der Waals surface area (Å²) in [6.07, 6.45) is 1.61. The highest BCUT2D eigenvalue weighted by atomic mass is 19.1. The van der Waals surface area contributed by atoms with Crippen LogP contribution in [-0.2, 0) is 11.3 Å². The Morgan fingerprint density at radius 2 is 1.89 bits per heavy atom. The number of aromatic nitrogens is 2. The minimum absolute atomic E-state index is 0.271. The van der Waals surface area contributed by atoms with Crippen LogP contribution in [0.5, 0.6) is 0 Å².